The Kier molecular flexibility index (Phi) is 5.00. The van der Waals surface area contributed by atoms with E-state index in [0.29, 0.717) is 18.1 Å². The SMILES string of the molecule is CN1CCN(c2ncc(C(=O)NCc3ccc(F)cc3)cn2)CC1. The summed E-state index contributed by atoms with van der Waals surface area (Å²) in [6.45, 7) is 4.05. The van der Waals surface area contributed by atoms with E-state index in [2.05, 4.69) is 32.1 Å². The number of benzene rings is 1. The second-order valence-corrected chi connectivity index (χ2v) is 5.87. The van der Waals surface area contributed by atoms with Crippen LogP contribution in [0.25, 0.3) is 0 Å². The van der Waals surface area contributed by atoms with E-state index in [-0.39, 0.29) is 11.7 Å². The lowest BCUT2D eigenvalue weighted by atomic mass is 10.2. The molecule has 0 saturated carbocycles. The summed E-state index contributed by atoms with van der Waals surface area (Å²) in [6.07, 6.45) is 3.08. The van der Waals surface area contributed by atoms with E-state index in [1.54, 1.807) is 24.5 Å². The Balaban J connectivity index is 1.56. The first-order valence-electron chi connectivity index (χ1n) is 7.90. The number of nitrogens with one attached hydrogen (secondary N) is 1. The second kappa shape index (κ2) is 7.35. The number of nitrogens with zero attached hydrogens (tertiary/aromatic N) is 4. The fourth-order valence-corrected chi connectivity index (χ4v) is 2.49. The highest BCUT2D eigenvalue weighted by Gasteiger charge is 2.16. The van der Waals surface area contributed by atoms with Crippen LogP contribution in [0.5, 0.6) is 0 Å². The molecule has 1 fully saturated rings. The van der Waals surface area contributed by atoms with Crippen molar-refractivity contribution >= 4 is 11.9 Å². The highest BCUT2D eigenvalue weighted by atomic mass is 19.1. The molecule has 3 rings (SSSR count). The first-order chi connectivity index (χ1) is 11.6. The van der Waals surface area contributed by atoms with Gasteiger partial charge in [-0.2, -0.15) is 0 Å². The largest absolute Gasteiger partial charge is 0.348 e. The smallest absolute Gasteiger partial charge is 0.254 e. The first-order valence-corrected chi connectivity index (χ1v) is 7.90. The van der Waals surface area contributed by atoms with Crippen LogP contribution >= 0.6 is 0 Å². The Bertz CT molecular complexity index is 681. The lowest BCUT2D eigenvalue weighted by Crippen LogP contribution is -2.45. The van der Waals surface area contributed by atoms with Crippen LogP contribution < -0.4 is 10.2 Å². The number of likely N-dealkylation sites (N-methyl/N-ethyl adjacent to an activating group) is 1. The van der Waals surface area contributed by atoms with Gasteiger partial charge in [-0.25, -0.2) is 14.4 Å². The summed E-state index contributed by atoms with van der Waals surface area (Å²) in [7, 11) is 2.09. The quantitative estimate of drug-likeness (QED) is 0.916. The van der Waals surface area contributed by atoms with Gasteiger partial charge in [-0.05, 0) is 24.7 Å². The molecular weight excluding hydrogens is 309 g/mol. The summed E-state index contributed by atoms with van der Waals surface area (Å²) in [5, 5.41) is 2.78. The number of hydrogen-bond donors (Lipinski definition) is 1. The van der Waals surface area contributed by atoms with Crippen LogP contribution in [0.4, 0.5) is 10.3 Å². The molecule has 1 amide bonds. The van der Waals surface area contributed by atoms with Crippen molar-refractivity contribution in [1.29, 1.82) is 0 Å². The Morgan fingerprint density at radius 1 is 1.12 bits per heavy atom. The van der Waals surface area contributed by atoms with Gasteiger partial charge in [0.25, 0.3) is 5.91 Å². The van der Waals surface area contributed by atoms with Crippen molar-refractivity contribution in [3.63, 3.8) is 0 Å². The molecule has 0 bridgehead atoms. The third kappa shape index (κ3) is 4.05. The van der Waals surface area contributed by atoms with Crippen LogP contribution in [0.2, 0.25) is 0 Å². The Hall–Kier alpha value is -2.54. The molecule has 1 aliphatic heterocycles. The van der Waals surface area contributed by atoms with Crippen LogP contribution in [0.15, 0.2) is 36.7 Å². The van der Waals surface area contributed by atoms with Crippen LogP contribution in [0.1, 0.15) is 15.9 Å². The molecule has 1 saturated heterocycles. The molecule has 0 unspecified atom stereocenters. The van der Waals surface area contributed by atoms with Gasteiger partial charge < -0.3 is 15.1 Å². The van der Waals surface area contributed by atoms with Gasteiger partial charge in [0.15, 0.2) is 0 Å². The average molecular weight is 329 g/mol. The predicted molar refractivity (Wildman–Crippen MR) is 89.3 cm³/mol. The van der Waals surface area contributed by atoms with Gasteiger partial charge in [-0.3, -0.25) is 4.79 Å². The molecule has 0 spiro atoms. The zero-order valence-electron chi connectivity index (χ0n) is 13.6. The monoisotopic (exact) mass is 329 g/mol. The number of halogens is 1. The van der Waals surface area contributed by atoms with Gasteiger partial charge >= 0.3 is 0 Å². The number of aromatic nitrogens is 2. The van der Waals surface area contributed by atoms with Gasteiger partial charge in [0, 0.05) is 45.1 Å². The number of carbonyl (C=O) groups excluding carboxylic acids is 1. The standard InChI is InChI=1S/C17H20FN5O/c1-22-6-8-23(9-7-22)17-20-11-14(12-21-17)16(24)19-10-13-2-4-15(18)5-3-13/h2-5,11-12H,6-10H2,1H3,(H,19,24). The Labute approximate surface area is 140 Å². The summed E-state index contributed by atoms with van der Waals surface area (Å²) in [5.74, 6) is 0.111. The minimum atomic E-state index is -0.294. The molecule has 0 atom stereocenters. The normalized spacial score (nSPS) is 15.3. The molecule has 1 aliphatic rings. The number of hydrogen-bond acceptors (Lipinski definition) is 5. The number of piperazine rings is 1. The molecular formula is C17H20FN5O. The third-order valence-electron chi connectivity index (χ3n) is 4.05. The van der Waals surface area contributed by atoms with Crippen LogP contribution in [-0.4, -0.2) is 54.0 Å². The van der Waals surface area contributed by atoms with Gasteiger partial charge in [0.05, 0.1) is 5.56 Å². The highest BCUT2D eigenvalue weighted by molar-refractivity contribution is 5.93. The number of rotatable bonds is 4. The fourth-order valence-electron chi connectivity index (χ4n) is 2.49. The van der Waals surface area contributed by atoms with Crippen molar-refractivity contribution in [3.05, 3.63) is 53.6 Å². The minimum Gasteiger partial charge on any atom is -0.348 e. The lowest BCUT2D eigenvalue weighted by molar-refractivity contribution is 0.0950. The van der Waals surface area contributed by atoms with Crippen molar-refractivity contribution < 1.29 is 9.18 Å². The van der Waals surface area contributed by atoms with Crippen molar-refractivity contribution in [2.24, 2.45) is 0 Å². The topological polar surface area (TPSA) is 61.4 Å². The molecule has 0 aliphatic carbocycles. The van der Waals surface area contributed by atoms with E-state index in [4.69, 9.17) is 0 Å². The number of anilines is 1. The summed E-state index contributed by atoms with van der Waals surface area (Å²) < 4.78 is 12.9. The van der Waals surface area contributed by atoms with Gasteiger partial charge in [-0.1, -0.05) is 12.1 Å². The van der Waals surface area contributed by atoms with Crippen molar-refractivity contribution in [2.75, 3.05) is 38.1 Å². The van der Waals surface area contributed by atoms with Crippen molar-refractivity contribution in [2.45, 2.75) is 6.54 Å². The van der Waals surface area contributed by atoms with Crippen LogP contribution in [0.3, 0.4) is 0 Å². The van der Waals surface area contributed by atoms with Gasteiger partial charge in [0.2, 0.25) is 5.95 Å². The zero-order valence-corrected chi connectivity index (χ0v) is 13.6. The summed E-state index contributed by atoms with van der Waals surface area (Å²) in [5.41, 5.74) is 1.25. The first kappa shape index (κ1) is 16.3. The van der Waals surface area contributed by atoms with E-state index >= 15 is 0 Å². The molecule has 7 heteroatoms. The zero-order chi connectivity index (χ0) is 16.9. The molecule has 1 N–H and O–H groups in total. The average Bonchev–Trinajstić information content (AvgIpc) is 2.62. The van der Waals surface area contributed by atoms with Crippen molar-refractivity contribution in [1.82, 2.24) is 20.2 Å². The van der Waals surface area contributed by atoms with Crippen LogP contribution in [-0.2, 0) is 6.54 Å². The summed E-state index contributed by atoms with van der Waals surface area (Å²) >= 11 is 0. The van der Waals surface area contributed by atoms with E-state index in [1.807, 2.05) is 0 Å². The van der Waals surface area contributed by atoms with E-state index in [9.17, 15) is 9.18 Å². The molecule has 24 heavy (non-hydrogen) atoms. The van der Waals surface area contributed by atoms with Crippen LogP contribution in [0, 0.1) is 5.82 Å². The Morgan fingerprint density at radius 3 is 2.38 bits per heavy atom. The Morgan fingerprint density at radius 2 is 1.75 bits per heavy atom. The highest BCUT2D eigenvalue weighted by Crippen LogP contribution is 2.10. The van der Waals surface area contributed by atoms with Gasteiger partial charge in [0.1, 0.15) is 5.82 Å². The van der Waals surface area contributed by atoms with Crippen molar-refractivity contribution in [3.8, 4) is 0 Å². The molecule has 2 heterocycles. The van der Waals surface area contributed by atoms with E-state index < -0.39 is 0 Å². The fraction of sp³-hybridized carbons (Fsp3) is 0.353. The van der Waals surface area contributed by atoms with E-state index in [0.717, 1.165) is 31.7 Å². The number of carbonyl (C=O) groups is 1. The molecule has 0 radical (unpaired) electrons. The second-order valence-electron chi connectivity index (χ2n) is 5.87. The molecule has 2 aromatic rings. The maximum absolute atomic E-state index is 12.9. The molecule has 1 aromatic carbocycles. The maximum Gasteiger partial charge on any atom is 0.254 e. The maximum atomic E-state index is 12.9. The van der Waals surface area contributed by atoms with E-state index in [1.165, 1.54) is 12.1 Å². The minimum absolute atomic E-state index is 0.246. The lowest BCUT2D eigenvalue weighted by Gasteiger charge is -2.32. The number of amides is 1. The predicted octanol–water partition coefficient (Wildman–Crippen LogP) is 1.30. The molecule has 6 nitrogen and oxygen atoms in total. The molecule has 126 valence electrons. The van der Waals surface area contributed by atoms with Gasteiger partial charge in [-0.15, -0.1) is 0 Å². The summed E-state index contributed by atoms with van der Waals surface area (Å²) in [4.78, 5) is 25.1. The molecule has 1 aromatic heterocycles. The third-order valence-corrected chi connectivity index (χ3v) is 4.05. The summed E-state index contributed by atoms with van der Waals surface area (Å²) in [6, 6.07) is 6.02.